The lowest BCUT2D eigenvalue weighted by Gasteiger charge is -2.32. The molecule has 1 aromatic heterocycles. The second-order valence-corrected chi connectivity index (χ2v) is 6.55. The molecule has 0 fully saturated rings. The summed E-state index contributed by atoms with van der Waals surface area (Å²) in [6, 6.07) is 10.9. The number of benzene rings is 1. The number of ether oxygens (including phenoxy) is 1. The van der Waals surface area contributed by atoms with Gasteiger partial charge in [-0.1, -0.05) is 31.2 Å². The molecule has 0 saturated heterocycles. The van der Waals surface area contributed by atoms with Crippen molar-refractivity contribution in [2.45, 2.75) is 50.9 Å². The van der Waals surface area contributed by atoms with Crippen molar-refractivity contribution >= 4 is 11.3 Å². The highest BCUT2D eigenvalue weighted by Gasteiger charge is 2.27. The Balaban J connectivity index is 1.84. The van der Waals surface area contributed by atoms with Gasteiger partial charge in [-0.2, -0.15) is 11.3 Å². The average molecular weight is 301 g/mol. The van der Waals surface area contributed by atoms with Crippen LogP contribution in [0.1, 0.15) is 55.1 Å². The molecule has 112 valence electrons. The lowest BCUT2D eigenvalue weighted by atomic mass is 9.89. The molecule has 1 aliphatic carbocycles. The van der Waals surface area contributed by atoms with Gasteiger partial charge in [-0.15, -0.1) is 0 Å². The molecule has 0 saturated carbocycles. The van der Waals surface area contributed by atoms with Gasteiger partial charge in [-0.05, 0) is 59.2 Å². The molecule has 2 aromatic rings. The Kier molecular flexibility index (Phi) is 4.73. The van der Waals surface area contributed by atoms with Crippen molar-refractivity contribution in [3.8, 4) is 0 Å². The van der Waals surface area contributed by atoms with Crippen LogP contribution >= 0.6 is 11.3 Å². The first-order valence-corrected chi connectivity index (χ1v) is 8.74. The summed E-state index contributed by atoms with van der Waals surface area (Å²) in [5, 5.41) is 4.26. The molecule has 0 amide bonds. The minimum absolute atomic E-state index is 0.00240. The standard InChI is InChI=1S/C18H23NOS/c1-2-16(19)18(14-10-11-21-12-14)20-17-9-5-7-13-6-3-4-8-15(13)17/h3-4,6,8,10-12,16-18H,2,5,7,9,19H2,1H3. The fraction of sp³-hybridized carbons (Fsp3) is 0.444. The summed E-state index contributed by atoms with van der Waals surface area (Å²) in [5.41, 5.74) is 10.3. The van der Waals surface area contributed by atoms with Crippen molar-refractivity contribution in [2.75, 3.05) is 0 Å². The van der Waals surface area contributed by atoms with E-state index >= 15 is 0 Å². The van der Waals surface area contributed by atoms with Gasteiger partial charge in [0.1, 0.15) is 0 Å². The largest absolute Gasteiger partial charge is 0.364 e. The Morgan fingerprint density at radius 3 is 2.95 bits per heavy atom. The van der Waals surface area contributed by atoms with E-state index in [-0.39, 0.29) is 18.2 Å². The molecule has 1 aromatic carbocycles. The maximum atomic E-state index is 6.50. The molecule has 2 N–H and O–H groups in total. The van der Waals surface area contributed by atoms with Crippen molar-refractivity contribution < 1.29 is 4.74 Å². The van der Waals surface area contributed by atoms with Gasteiger partial charge in [0.2, 0.25) is 0 Å². The SMILES string of the molecule is CCC(N)C(OC1CCCc2ccccc21)c1ccsc1. The number of aryl methyl sites for hydroxylation is 1. The molecule has 1 heterocycles. The Labute approximate surface area is 130 Å². The van der Waals surface area contributed by atoms with Gasteiger partial charge in [0, 0.05) is 6.04 Å². The molecule has 0 bridgehead atoms. The lowest BCUT2D eigenvalue weighted by Crippen LogP contribution is -2.31. The lowest BCUT2D eigenvalue weighted by molar-refractivity contribution is -0.0370. The van der Waals surface area contributed by atoms with Crippen molar-refractivity contribution in [1.82, 2.24) is 0 Å². The zero-order valence-electron chi connectivity index (χ0n) is 12.5. The maximum absolute atomic E-state index is 6.50. The Morgan fingerprint density at radius 1 is 1.33 bits per heavy atom. The van der Waals surface area contributed by atoms with E-state index in [0.717, 1.165) is 12.8 Å². The van der Waals surface area contributed by atoms with Crippen molar-refractivity contribution in [3.05, 3.63) is 57.8 Å². The fourth-order valence-electron chi connectivity index (χ4n) is 3.11. The third-order valence-corrected chi connectivity index (χ3v) is 5.06. The van der Waals surface area contributed by atoms with Crippen molar-refractivity contribution in [1.29, 1.82) is 0 Å². The highest BCUT2D eigenvalue weighted by Crippen LogP contribution is 2.37. The van der Waals surface area contributed by atoms with E-state index in [1.54, 1.807) is 11.3 Å². The van der Waals surface area contributed by atoms with Gasteiger partial charge in [0.15, 0.2) is 0 Å². The molecule has 0 radical (unpaired) electrons. The smallest absolute Gasteiger partial charge is 0.0991 e. The molecule has 3 atom stereocenters. The first-order valence-electron chi connectivity index (χ1n) is 7.80. The summed E-state index contributed by atoms with van der Waals surface area (Å²) in [5.74, 6) is 0. The normalized spacial score (nSPS) is 20.8. The van der Waals surface area contributed by atoms with E-state index < -0.39 is 0 Å². The highest BCUT2D eigenvalue weighted by atomic mass is 32.1. The molecule has 1 aliphatic rings. The molecule has 0 spiro atoms. The summed E-state index contributed by atoms with van der Waals surface area (Å²) < 4.78 is 6.50. The minimum Gasteiger partial charge on any atom is -0.364 e. The van der Waals surface area contributed by atoms with Crippen LogP contribution in [0.3, 0.4) is 0 Å². The maximum Gasteiger partial charge on any atom is 0.0991 e. The molecule has 0 aliphatic heterocycles. The fourth-order valence-corrected chi connectivity index (χ4v) is 3.79. The second kappa shape index (κ2) is 6.73. The molecular weight excluding hydrogens is 278 g/mol. The van der Waals surface area contributed by atoms with E-state index in [1.165, 1.54) is 29.5 Å². The first kappa shape index (κ1) is 14.8. The molecule has 3 rings (SSSR count). The average Bonchev–Trinajstić information content (AvgIpc) is 3.06. The molecule has 3 heteroatoms. The van der Waals surface area contributed by atoms with E-state index in [1.807, 2.05) is 0 Å². The summed E-state index contributed by atoms with van der Waals surface area (Å²) in [6.07, 6.45) is 4.55. The third kappa shape index (κ3) is 3.20. The number of fused-ring (bicyclic) bond motifs is 1. The second-order valence-electron chi connectivity index (χ2n) is 5.77. The predicted molar refractivity (Wildman–Crippen MR) is 88.5 cm³/mol. The van der Waals surface area contributed by atoms with Crippen LogP contribution in [0.2, 0.25) is 0 Å². The number of hydrogen-bond donors (Lipinski definition) is 1. The van der Waals surface area contributed by atoms with E-state index in [0.29, 0.717) is 0 Å². The van der Waals surface area contributed by atoms with Gasteiger partial charge < -0.3 is 10.5 Å². The minimum atomic E-state index is -0.00240. The Bertz CT molecular complexity index is 566. The van der Waals surface area contributed by atoms with Crippen LogP contribution in [-0.2, 0) is 11.2 Å². The Hall–Kier alpha value is -1.16. The molecule has 21 heavy (non-hydrogen) atoms. The molecule has 3 unspecified atom stereocenters. The van der Waals surface area contributed by atoms with Crippen LogP contribution in [0.5, 0.6) is 0 Å². The molecular formula is C18H23NOS. The van der Waals surface area contributed by atoms with E-state index in [2.05, 4.69) is 48.0 Å². The van der Waals surface area contributed by atoms with E-state index in [9.17, 15) is 0 Å². The van der Waals surface area contributed by atoms with Crippen LogP contribution in [-0.4, -0.2) is 6.04 Å². The monoisotopic (exact) mass is 301 g/mol. The van der Waals surface area contributed by atoms with Crippen LogP contribution in [0.25, 0.3) is 0 Å². The van der Waals surface area contributed by atoms with Gasteiger partial charge >= 0.3 is 0 Å². The van der Waals surface area contributed by atoms with Crippen LogP contribution in [0, 0.1) is 0 Å². The topological polar surface area (TPSA) is 35.2 Å². The van der Waals surface area contributed by atoms with Crippen LogP contribution in [0.4, 0.5) is 0 Å². The summed E-state index contributed by atoms with van der Waals surface area (Å²) in [6.45, 7) is 2.13. The summed E-state index contributed by atoms with van der Waals surface area (Å²) in [4.78, 5) is 0. The first-order chi connectivity index (χ1) is 10.3. The zero-order chi connectivity index (χ0) is 14.7. The number of thiophene rings is 1. The zero-order valence-corrected chi connectivity index (χ0v) is 13.3. The summed E-state index contributed by atoms with van der Waals surface area (Å²) in [7, 11) is 0. The van der Waals surface area contributed by atoms with Crippen LogP contribution < -0.4 is 5.73 Å². The highest BCUT2D eigenvalue weighted by molar-refractivity contribution is 7.07. The van der Waals surface area contributed by atoms with E-state index in [4.69, 9.17) is 10.5 Å². The third-order valence-electron chi connectivity index (χ3n) is 4.36. The van der Waals surface area contributed by atoms with Gasteiger partial charge in [0.25, 0.3) is 0 Å². The van der Waals surface area contributed by atoms with Crippen molar-refractivity contribution in [2.24, 2.45) is 5.73 Å². The van der Waals surface area contributed by atoms with Gasteiger partial charge in [0.05, 0.1) is 12.2 Å². The quantitative estimate of drug-likeness (QED) is 0.874. The summed E-state index contributed by atoms with van der Waals surface area (Å²) >= 11 is 1.71. The Morgan fingerprint density at radius 2 is 2.19 bits per heavy atom. The van der Waals surface area contributed by atoms with Crippen LogP contribution in [0.15, 0.2) is 41.1 Å². The molecule has 2 nitrogen and oxygen atoms in total. The number of hydrogen-bond acceptors (Lipinski definition) is 3. The number of rotatable bonds is 5. The predicted octanol–water partition coefficient (Wildman–Crippen LogP) is 4.62. The van der Waals surface area contributed by atoms with Crippen molar-refractivity contribution in [3.63, 3.8) is 0 Å². The van der Waals surface area contributed by atoms with Gasteiger partial charge in [-0.25, -0.2) is 0 Å². The van der Waals surface area contributed by atoms with Gasteiger partial charge in [-0.3, -0.25) is 0 Å². The number of nitrogens with two attached hydrogens (primary N) is 1.